The van der Waals surface area contributed by atoms with Gasteiger partial charge < -0.3 is 0 Å². The molecule has 0 saturated heterocycles. The average molecular weight is 184 g/mol. The molecule has 2 saturated carbocycles. The van der Waals surface area contributed by atoms with Gasteiger partial charge in [0.1, 0.15) is 0 Å². The molecular formula is C11H20S. The van der Waals surface area contributed by atoms with Crippen LogP contribution < -0.4 is 0 Å². The van der Waals surface area contributed by atoms with Crippen molar-refractivity contribution in [1.82, 2.24) is 0 Å². The second-order valence-electron chi connectivity index (χ2n) is 4.65. The molecule has 2 rings (SSSR count). The topological polar surface area (TPSA) is 0 Å². The van der Waals surface area contributed by atoms with E-state index in [2.05, 4.69) is 0 Å². The van der Waals surface area contributed by atoms with Crippen molar-refractivity contribution in [3.05, 3.63) is 0 Å². The summed E-state index contributed by atoms with van der Waals surface area (Å²) in [6.45, 7) is 0. The van der Waals surface area contributed by atoms with Gasteiger partial charge in [0.25, 0.3) is 0 Å². The Bertz CT molecular complexity index is 141. The minimum Gasteiger partial charge on any atom is -0.172 e. The Hall–Kier alpha value is 0.350. The van der Waals surface area contributed by atoms with Crippen LogP contribution in [-0.4, -0.2) is 4.75 Å². The maximum absolute atomic E-state index is 4.95. The zero-order chi connectivity index (χ0) is 8.44. The fourth-order valence-corrected chi connectivity index (χ4v) is 3.61. The Morgan fingerprint density at radius 2 is 1.42 bits per heavy atom. The van der Waals surface area contributed by atoms with Crippen molar-refractivity contribution < 1.29 is 0 Å². The molecule has 0 nitrogen and oxygen atoms in total. The van der Waals surface area contributed by atoms with Crippen molar-refractivity contribution in [2.75, 3.05) is 0 Å². The van der Waals surface area contributed by atoms with E-state index in [1.165, 1.54) is 57.8 Å². The monoisotopic (exact) mass is 184 g/mol. The van der Waals surface area contributed by atoms with Crippen molar-refractivity contribution >= 4 is 12.6 Å². The highest BCUT2D eigenvalue weighted by molar-refractivity contribution is 7.81. The molecule has 0 unspecified atom stereocenters. The quantitative estimate of drug-likeness (QED) is 0.589. The van der Waals surface area contributed by atoms with Crippen molar-refractivity contribution in [2.24, 2.45) is 5.92 Å². The average Bonchev–Trinajstić information content (AvgIpc) is 2.58. The van der Waals surface area contributed by atoms with Crippen LogP contribution in [0.5, 0.6) is 0 Å². The van der Waals surface area contributed by atoms with E-state index < -0.39 is 0 Å². The molecule has 2 aliphatic carbocycles. The van der Waals surface area contributed by atoms with E-state index in [9.17, 15) is 0 Å². The first-order valence-corrected chi connectivity index (χ1v) is 5.98. The maximum atomic E-state index is 4.95. The van der Waals surface area contributed by atoms with Gasteiger partial charge in [0.15, 0.2) is 0 Å². The highest BCUT2D eigenvalue weighted by atomic mass is 32.1. The van der Waals surface area contributed by atoms with Gasteiger partial charge in [0.2, 0.25) is 0 Å². The minimum atomic E-state index is 0.453. The minimum absolute atomic E-state index is 0.453. The van der Waals surface area contributed by atoms with E-state index in [4.69, 9.17) is 12.6 Å². The first kappa shape index (κ1) is 8.93. The molecule has 0 bridgehead atoms. The molecule has 0 N–H and O–H groups in total. The Morgan fingerprint density at radius 3 is 2.00 bits per heavy atom. The van der Waals surface area contributed by atoms with E-state index in [1.54, 1.807) is 0 Å². The fourth-order valence-electron chi connectivity index (χ4n) is 3.04. The SMILES string of the molecule is SC1(C2CCCC2)CCCCC1. The molecule has 2 aliphatic rings. The highest BCUT2D eigenvalue weighted by Gasteiger charge is 2.37. The lowest BCUT2D eigenvalue weighted by Crippen LogP contribution is -2.32. The van der Waals surface area contributed by atoms with E-state index in [-0.39, 0.29) is 0 Å². The zero-order valence-electron chi connectivity index (χ0n) is 7.89. The van der Waals surface area contributed by atoms with Gasteiger partial charge >= 0.3 is 0 Å². The Balaban J connectivity index is 1.97. The van der Waals surface area contributed by atoms with Crippen LogP contribution in [0.2, 0.25) is 0 Å². The van der Waals surface area contributed by atoms with Crippen LogP contribution in [0.25, 0.3) is 0 Å². The third kappa shape index (κ3) is 1.66. The molecule has 0 aromatic rings. The van der Waals surface area contributed by atoms with E-state index in [0.29, 0.717) is 4.75 Å². The Kier molecular flexibility index (Phi) is 2.69. The van der Waals surface area contributed by atoms with Crippen molar-refractivity contribution in [3.63, 3.8) is 0 Å². The molecule has 0 radical (unpaired) electrons. The molecule has 0 spiro atoms. The zero-order valence-corrected chi connectivity index (χ0v) is 8.78. The molecule has 0 heterocycles. The smallest absolute Gasteiger partial charge is 0.0158 e. The summed E-state index contributed by atoms with van der Waals surface area (Å²) < 4.78 is 0.453. The lowest BCUT2D eigenvalue weighted by molar-refractivity contribution is 0.293. The number of rotatable bonds is 1. The summed E-state index contributed by atoms with van der Waals surface area (Å²) in [4.78, 5) is 0. The van der Waals surface area contributed by atoms with Crippen molar-refractivity contribution in [2.45, 2.75) is 62.5 Å². The van der Waals surface area contributed by atoms with Crippen LogP contribution in [0, 0.1) is 5.92 Å². The molecule has 1 heteroatoms. The summed E-state index contributed by atoms with van der Waals surface area (Å²) in [5.74, 6) is 0.959. The van der Waals surface area contributed by atoms with Crippen LogP contribution in [0.15, 0.2) is 0 Å². The van der Waals surface area contributed by atoms with Gasteiger partial charge in [-0.3, -0.25) is 0 Å². The van der Waals surface area contributed by atoms with E-state index in [0.717, 1.165) is 5.92 Å². The van der Waals surface area contributed by atoms with E-state index >= 15 is 0 Å². The number of thiol groups is 1. The first-order chi connectivity index (χ1) is 5.81. The van der Waals surface area contributed by atoms with Gasteiger partial charge in [-0.15, -0.1) is 0 Å². The van der Waals surface area contributed by atoms with Gasteiger partial charge in [-0.1, -0.05) is 32.1 Å². The predicted molar refractivity (Wildman–Crippen MR) is 56.8 cm³/mol. The summed E-state index contributed by atoms with van der Waals surface area (Å²) in [5.41, 5.74) is 0. The van der Waals surface area contributed by atoms with Gasteiger partial charge in [-0.05, 0) is 31.6 Å². The lowest BCUT2D eigenvalue weighted by atomic mass is 9.78. The molecule has 70 valence electrons. The summed E-state index contributed by atoms with van der Waals surface area (Å²) in [6, 6.07) is 0. The van der Waals surface area contributed by atoms with Crippen molar-refractivity contribution in [3.8, 4) is 0 Å². The number of hydrogen-bond donors (Lipinski definition) is 1. The second kappa shape index (κ2) is 3.61. The predicted octanol–water partition coefficient (Wildman–Crippen LogP) is 3.81. The molecular weight excluding hydrogens is 164 g/mol. The van der Waals surface area contributed by atoms with Gasteiger partial charge in [-0.2, -0.15) is 12.6 Å². The Labute approximate surface area is 81.5 Å². The normalized spacial score (nSPS) is 30.8. The third-order valence-electron chi connectivity index (χ3n) is 3.83. The summed E-state index contributed by atoms with van der Waals surface area (Å²) in [6.07, 6.45) is 12.9. The van der Waals surface area contributed by atoms with Crippen LogP contribution in [0.1, 0.15) is 57.8 Å². The lowest BCUT2D eigenvalue weighted by Gasteiger charge is -2.38. The van der Waals surface area contributed by atoms with Crippen LogP contribution in [0.4, 0.5) is 0 Å². The summed E-state index contributed by atoms with van der Waals surface area (Å²) >= 11 is 4.95. The van der Waals surface area contributed by atoms with Crippen LogP contribution in [-0.2, 0) is 0 Å². The summed E-state index contributed by atoms with van der Waals surface area (Å²) in [5, 5.41) is 0. The fraction of sp³-hybridized carbons (Fsp3) is 1.00. The van der Waals surface area contributed by atoms with Gasteiger partial charge in [0, 0.05) is 4.75 Å². The van der Waals surface area contributed by atoms with Gasteiger partial charge in [-0.25, -0.2) is 0 Å². The largest absolute Gasteiger partial charge is 0.172 e. The summed E-state index contributed by atoms with van der Waals surface area (Å²) in [7, 11) is 0. The first-order valence-electron chi connectivity index (χ1n) is 5.54. The number of hydrogen-bond acceptors (Lipinski definition) is 1. The molecule has 0 aliphatic heterocycles. The molecule has 0 aromatic heterocycles. The molecule has 0 atom stereocenters. The van der Waals surface area contributed by atoms with Crippen molar-refractivity contribution in [1.29, 1.82) is 0 Å². The molecule has 2 fully saturated rings. The van der Waals surface area contributed by atoms with Gasteiger partial charge in [0.05, 0.1) is 0 Å². The second-order valence-corrected chi connectivity index (χ2v) is 5.54. The standard InChI is InChI=1S/C11H20S/c12-11(8-4-1-5-9-11)10-6-2-3-7-10/h10,12H,1-9H2. The van der Waals surface area contributed by atoms with E-state index in [1.807, 2.05) is 0 Å². The molecule has 0 amide bonds. The van der Waals surface area contributed by atoms with Crippen LogP contribution in [0.3, 0.4) is 0 Å². The third-order valence-corrected chi connectivity index (χ3v) is 4.65. The molecule has 0 aromatic carbocycles. The Morgan fingerprint density at radius 1 is 0.833 bits per heavy atom. The highest BCUT2D eigenvalue weighted by Crippen LogP contribution is 2.46. The van der Waals surface area contributed by atoms with Crippen LogP contribution >= 0.6 is 12.6 Å². The maximum Gasteiger partial charge on any atom is 0.0158 e. The molecule has 12 heavy (non-hydrogen) atoms.